The molecule has 5 heteroatoms. The van der Waals surface area contributed by atoms with Gasteiger partial charge in [0.15, 0.2) is 0 Å². The summed E-state index contributed by atoms with van der Waals surface area (Å²) in [4.78, 5) is 12.2. The number of nitrogens with zero attached hydrogens (tertiary/aromatic N) is 2. The van der Waals surface area contributed by atoms with Crippen LogP contribution in [0.5, 0.6) is 0 Å². The lowest BCUT2D eigenvalue weighted by atomic mass is 10.1. The first-order valence-electron chi connectivity index (χ1n) is 6.06. The van der Waals surface area contributed by atoms with Gasteiger partial charge in [-0.15, -0.1) is 10.2 Å². The molecule has 2 aromatic carbocycles. The molecule has 0 atom stereocenters. The zero-order valence-electron chi connectivity index (χ0n) is 10.5. The average Bonchev–Trinajstić information content (AvgIpc) is 3.03. The molecular formula is C15H11N3O2. The predicted molar refractivity (Wildman–Crippen MR) is 74.1 cm³/mol. The number of benzene rings is 2. The molecule has 0 radical (unpaired) electrons. The molecule has 0 fully saturated rings. The zero-order valence-corrected chi connectivity index (χ0v) is 10.5. The SMILES string of the molecule is O=C(Nc1ccccc1-c1nnco1)c1ccccc1. The maximum Gasteiger partial charge on any atom is 0.255 e. The van der Waals surface area contributed by atoms with Gasteiger partial charge in [-0.3, -0.25) is 4.79 Å². The van der Waals surface area contributed by atoms with Gasteiger partial charge in [-0.25, -0.2) is 0 Å². The van der Waals surface area contributed by atoms with Crippen LogP contribution in [0.3, 0.4) is 0 Å². The van der Waals surface area contributed by atoms with Crippen molar-refractivity contribution >= 4 is 11.6 Å². The summed E-state index contributed by atoms with van der Waals surface area (Å²) in [6.07, 6.45) is 1.26. The third kappa shape index (κ3) is 2.42. The molecule has 3 rings (SSSR count). The zero-order chi connectivity index (χ0) is 13.8. The smallest absolute Gasteiger partial charge is 0.255 e. The summed E-state index contributed by atoms with van der Waals surface area (Å²) in [6, 6.07) is 16.3. The quantitative estimate of drug-likeness (QED) is 0.790. The van der Waals surface area contributed by atoms with Gasteiger partial charge in [0.05, 0.1) is 11.3 Å². The Kier molecular flexibility index (Phi) is 3.24. The molecule has 20 heavy (non-hydrogen) atoms. The number of nitrogens with one attached hydrogen (secondary N) is 1. The van der Waals surface area contributed by atoms with Crippen molar-refractivity contribution in [3.05, 3.63) is 66.6 Å². The van der Waals surface area contributed by atoms with Crippen molar-refractivity contribution in [3.8, 4) is 11.5 Å². The fraction of sp³-hybridized carbons (Fsp3) is 0. The lowest BCUT2D eigenvalue weighted by Crippen LogP contribution is -2.12. The van der Waals surface area contributed by atoms with Gasteiger partial charge < -0.3 is 9.73 Å². The Morgan fingerprint density at radius 1 is 1.00 bits per heavy atom. The summed E-state index contributed by atoms with van der Waals surface area (Å²) >= 11 is 0. The minimum absolute atomic E-state index is 0.183. The number of rotatable bonds is 3. The van der Waals surface area contributed by atoms with Crippen LogP contribution >= 0.6 is 0 Å². The third-order valence-electron chi connectivity index (χ3n) is 2.80. The Labute approximate surface area is 115 Å². The Morgan fingerprint density at radius 2 is 1.75 bits per heavy atom. The number of carbonyl (C=O) groups excluding carboxylic acids is 1. The monoisotopic (exact) mass is 265 g/mol. The second kappa shape index (κ2) is 5.36. The minimum atomic E-state index is -0.183. The van der Waals surface area contributed by atoms with E-state index in [0.29, 0.717) is 22.7 Å². The third-order valence-corrected chi connectivity index (χ3v) is 2.80. The van der Waals surface area contributed by atoms with E-state index in [-0.39, 0.29) is 5.91 Å². The highest BCUT2D eigenvalue weighted by atomic mass is 16.4. The molecule has 0 saturated carbocycles. The van der Waals surface area contributed by atoms with Crippen molar-refractivity contribution in [1.82, 2.24) is 10.2 Å². The number of amides is 1. The van der Waals surface area contributed by atoms with Crippen molar-refractivity contribution in [3.63, 3.8) is 0 Å². The molecule has 1 heterocycles. The average molecular weight is 265 g/mol. The van der Waals surface area contributed by atoms with E-state index in [2.05, 4.69) is 15.5 Å². The lowest BCUT2D eigenvalue weighted by molar-refractivity contribution is 0.102. The maximum atomic E-state index is 12.2. The molecule has 1 amide bonds. The van der Waals surface area contributed by atoms with E-state index in [1.54, 1.807) is 18.2 Å². The topological polar surface area (TPSA) is 68.0 Å². The first-order valence-corrected chi connectivity index (χ1v) is 6.06. The van der Waals surface area contributed by atoms with Crippen LogP contribution in [0, 0.1) is 0 Å². The molecule has 0 saturated heterocycles. The molecule has 98 valence electrons. The van der Waals surface area contributed by atoms with Gasteiger partial charge in [0.25, 0.3) is 5.91 Å². The van der Waals surface area contributed by atoms with Gasteiger partial charge in [-0.05, 0) is 24.3 Å². The number of carbonyl (C=O) groups is 1. The number of para-hydroxylation sites is 1. The second-order valence-corrected chi connectivity index (χ2v) is 4.11. The van der Waals surface area contributed by atoms with E-state index in [4.69, 9.17) is 4.42 Å². The Hall–Kier alpha value is -2.95. The normalized spacial score (nSPS) is 10.2. The standard InChI is InChI=1S/C15H11N3O2/c19-14(11-6-2-1-3-7-11)17-13-9-5-4-8-12(13)15-18-16-10-20-15/h1-10H,(H,17,19). The van der Waals surface area contributed by atoms with Crippen LogP contribution in [-0.2, 0) is 0 Å². The van der Waals surface area contributed by atoms with Crippen molar-refractivity contribution in [2.45, 2.75) is 0 Å². The molecule has 1 N–H and O–H groups in total. The highest BCUT2D eigenvalue weighted by Gasteiger charge is 2.12. The van der Waals surface area contributed by atoms with Crippen LogP contribution in [0.1, 0.15) is 10.4 Å². The number of anilines is 1. The summed E-state index contributed by atoms with van der Waals surface area (Å²) in [6.45, 7) is 0. The first-order chi connectivity index (χ1) is 9.84. The van der Waals surface area contributed by atoms with Crippen molar-refractivity contribution in [2.24, 2.45) is 0 Å². The van der Waals surface area contributed by atoms with Crippen molar-refractivity contribution < 1.29 is 9.21 Å². The van der Waals surface area contributed by atoms with Crippen LogP contribution in [0.15, 0.2) is 65.4 Å². The van der Waals surface area contributed by atoms with E-state index >= 15 is 0 Å². The second-order valence-electron chi connectivity index (χ2n) is 4.11. The summed E-state index contributed by atoms with van der Waals surface area (Å²) < 4.78 is 5.17. The number of hydrogen-bond acceptors (Lipinski definition) is 4. The number of hydrogen-bond donors (Lipinski definition) is 1. The Morgan fingerprint density at radius 3 is 2.50 bits per heavy atom. The molecule has 0 unspecified atom stereocenters. The van der Waals surface area contributed by atoms with Crippen molar-refractivity contribution in [1.29, 1.82) is 0 Å². The fourth-order valence-electron chi connectivity index (χ4n) is 1.85. The van der Waals surface area contributed by atoms with Crippen molar-refractivity contribution in [2.75, 3.05) is 5.32 Å². The van der Waals surface area contributed by atoms with E-state index in [0.717, 1.165) is 0 Å². The summed E-state index contributed by atoms with van der Waals surface area (Å²) in [5.41, 5.74) is 1.91. The highest BCUT2D eigenvalue weighted by molar-refractivity contribution is 6.05. The van der Waals surface area contributed by atoms with Gasteiger partial charge >= 0.3 is 0 Å². The first kappa shape index (κ1) is 12.1. The van der Waals surface area contributed by atoms with Crippen LogP contribution in [0.4, 0.5) is 5.69 Å². The van der Waals surface area contributed by atoms with E-state index in [9.17, 15) is 4.79 Å². The van der Waals surface area contributed by atoms with Crippen LogP contribution in [0.2, 0.25) is 0 Å². The molecule has 0 bridgehead atoms. The number of aromatic nitrogens is 2. The van der Waals surface area contributed by atoms with Gasteiger partial charge in [0.1, 0.15) is 0 Å². The Balaban J connectivity index is 1.90. The van der Waals surface area contributed by atoms with E-state index in [1.807, 2.05) is 36.4 Å². The maximum absolute atomic E-state index is 12.2. The molecule has 0 aliphatic carbocycles. The summed E-state index contributed by atoms with van der Waals surface area (Å²) in [5, 5.41) is 10.4. The van der Waals surface area contributed by atoms with Crippen LogP contribution < -0.4 is 5.32 Å². The van der Waals surface area contributed by atoms with E-state index in [1.165, 1.54) is 6.39 Å². The molecular weight excluding hydrogens is 254 g/mol. The van der Waals surface area contributed by atoms with Gasteiger partial charge in [0.2, 0.25) is 12.3 Å². The van der Waals surface area contributed by atoms with Crippen LogP contribution in [-0.4, -0.2) is 16.1 Å². The van der Waals surface area contributed by atoms with E-state index < -0.39 is 0 Å². The molecule has 0 aliphatic rings. The molecule has 1 aromatic heterocycles. The fourth-order valence-corrected chi connectivity index (χ4v) is 1.85. The molecule has 0 aliphatic heterocycles. The largest absolute Gasteiger partial charge is 0.423 e. The van der Waals surface area contributed by atoms with Crippen LogP contribution in [0.25, 0.3) is 11.5 Å². The predicted octanol–water partition coefficient (Wildman–Crippen LogP) is 2.99. The Bertz CT molecular complexity index is 709. The molecule has 3 aromatic rings. The highest BCUT2D eigenvalue weighted by Crippen LogP contribution is 2.26. The van der Waals surface area contributed by atoms with Gasteiger partial charge in [0, 0.05) is 5.56 Å². The summed E-state index contributed by atoms with van der Waals surface area (Å²) in [7, 11) is 0. The molecule has 5 nitrogen and oxygen atoms in total. The molecule has 0 spiro atoms. The summed E-state index contributed by atoms with van der Waals surface area (Å²) in [5.74, 6) is 0.187. The van der Waals surface area contributed by atoms with Gasteiger partial charge in [-0.2, -0.15) is 0 Å². The van der Waals surface area contributed by atoms with Gasteiger partial charge in [-0.1, -0.05) is 30.3 Å². The minimum Gasteiger partial charge on any atom is -0.423 e. The lowest BCUT2D eigenvalue weighted by Gasteiger charge is -2.08.